The van der Waals surface area contributed by atoms with Crippen molar-refractivity contribution >= 4 is 5.82 Å². The average Bonchev–Trinajstić information content (AvgIpc) is 2.07. The lowest BCUT2D eigenvalue weighted by atomic mass is 10.0. The lowest BCUT2D eigenvalue weighted by molar-refractivity contribution is 0.726. The Morgan fingerprint density at radius 2 is 2.33 bits per heavy atom. The standard InChI is InChI=1S/C10H14N2/c1-8-5-6-11-10-9(8)4-3-7-12(10)2/h5-6H,3-4,7H2,1-2H3. The molecule has 64 valence electrons. The Labute approximate surface area is 73.2 Å². The second-order valence-corrected chi connectivity index (χ2v) is 3.46. The highest BCUT2D eigenvalue weighted by Gasteiger charge is 2.15. The van der Waals surface area contributed by atoms with Gasteiger partial charge in [0.25, 0.3) is 0 Å². The molecule has 0 bridgehead atoms. The molecule has 0 aliphatic carbocycles. The Hall–Kier alpha value is -1.05. The minimum Gasteiger partial charge on any atom is -0.359 e. The first-order valence-electron chi connectivity index (χ1n) is 4.44. The molecule has 0 saturated carbocycles. The molecule has 0 amide bonds. The van der Waals surface area contributed by atoms with Crippen molar-refractivity contribution < 1.29 is 0 Å². The molecule has 0 aromatic carbocycles. The van der Waals surface area contributed by atoms with E-state index < -0.39 is 0 Å². The molecule has 0 unspecified atom stereocenters. The van der Waals surface area contributed by atoms with Gasteiger partial charge in [-0.2, -0.15) is 0 Å². The fourth-order valence-electron chi connectivity index (χ4n) is 1.81. The molecule has 0 atom stereocenters. The van der Waals surface area contributed by atoms with E-state index in [2.05, 4.69) is 29.9 Å². The highest BCUT2D eigenvalue weighted by molar-refractivity contribution is 5.51. The topological polar surface area (TPSA) is 16.1 Å². The van der Waals surface area contributed by atoms with Crippen LogP contribution < -0.4 is 4.90 Å². The molecule has 0 saturated heterocycles. The van der Waals surface area contributed by atoms with Gasteiger partial charge >= 0.3 is 0 Å². The molecule has 0 N–H and O–H groups in total. The quantitative estimate of drug-likeness (QED) is 0.578. The van der Waals surface area contributed by atoms with Gasteiger partial charge in [0.15, 0.2) is 0 Å². The maximum Gasteiger partial charge on any atom is 0.131 e. The zero-order valence-corrected chi connectivity index (χ0v) is 7.67. The summed E-state index contributed by atoms with van der Waals surface area (Å²) in [4.78, 5) is 6.63. The van der Waals surface area contributed by atoms with Crippen LogP contribution in [0.2, 0.25) is 0 Å². The Morgan fingerprint density at radius 1 is 1.50 bits per heavy atom. The number of hydrogen-bond acceptors (Lipinski definition) is 2. The van der Waals surface area contributed by atoms with E-state index >= 15 is 0 Å². The summed E-state index contributed by atoms with van der Waals surface area (Å²) in [7, 11) is 2.12. The number of fused-ring (bicyclic) bond motifs is 1. The van der Waals surface area contributed by atoms with E-state index in [-0.39, 0.29) is 0 Å². The van der Waals surface area contributed by atoms with Gasteiger partial charge < -0.3 is 4.90 Å². The highest BCUT2D eigenvalue weighted by Crippen LogP contribution is 2.25. The first-order chi connectivity index (χ1) is 5.79. The predicted octanol–water partition coefficient (Wildman–Crippen LogP) is 1.77. The second kappa shape index (κ2) is 2.77. The minimum atomic E-state index is 1.14. The van der Waals surface area contributed by atoms with Crippen molar-refractivity contribution in [2.24, 2.45) is 0 Å². The third-order valence-corrected chi connectivity index (χ3v) is 2.55. The van der Waals surface area contributed by atoms with Crippen LogP contribution in [0.15, 0.2) is 12.3 Å². The molecule has 0 fully saturated rings. The zero-order valence-electron chi connectivity index (χ0n) is 7.67. The lowest BCUT2D eigenvalue weighted by Gasteiger charge is -2.26. The first-order valence-corrected chi connectivity index (χ1v) is 4.44. The van der Waals surface area contributed by atoms with Crippen molar-refractivity contribution in [3.05, 3.63) is 23.4 Å². The van der Waals surface area contributed by atoms with Gasteiger partial charge in [-0.05, 0) is 37.0 Å². The van der Waals surface area contributed by atoms with E-state index in [1.54, 1.807) is 0 Å². The lowest BCUT2D eigenvalue weighted by Crippen LogP contribution is -2.26. The van der Waals surface area contributed by atoms with Crippen LogP contribution in [0.5, 0.6) is 0 Å². The minimum absolute atomic E-state index is 1.14. The van der Waals surface area contributed by atoms with Gasteiger partial charge in [0.1, 0.15) is 5.82 Å². The summed E-state index contributed by atoms with van der Waals surface area (Å²) in [5.74, 6) is 1.18. The average molecular weight is 162 g/mol. The molecule has 1 aliphatic rings. The van der Waals surface area contributed by atoms with Gasteiger partial charge in [0, 0.05) is 19.8 Å². The Morgan fingerprint density at radius 3 is 3.08 bits per heavy atom. The van der Waals surface area contributed by atoms with E-state index in [4.69, 9.17) is 0 Å². The molecule has 2 heteroatoms. The summed E-state index contributed by atoms with van der Waals surface area (Å²) in [5, 5.41) is 0. The Balaban J connectivity index is 2.52. The third kappa shape index (κ3) is 1.07. The van der Waals surface area contributed by atoms with E-state index in [0.29, 0.717) is 0 Å². The van der Waals surface area contributed by atoms with Gasteiger partial charge in [-0.3, -0.25) is 0 Å². The van der Waals surface area contributed by atoms with Gasteiger partial charge in [0.05, 0.1) is 0 Å². The monoisotopic (exact) mass is 162 g/mol. The summed E-state index contributed by atoms with van der Waals surface area (Å²) >= 11 is 0. The normalized spacial score (nSPS) is 16.0. The zero-order chi connectivity index (χ0) is 8.55. The number of aryl methyl sites for hydroxylation is 1. The molecular formula is C10H14N2. The molecule has 1 aromatic rings. The van der Waals surface area contributed by atoms with Crippen LogP contribution in [0.3, 0.4) is 0 Å². The smallest absolute Gasteiger partial charge is 0.131 e. The Kier molecular flexibility index (Phi) is 1.75. The van der Waals surface area contributed by atoms with Crippen molar-refractivity contribution in [3.8, 4) is 0 Å². The van der Waals surface area contributed by atoms with Crippen molar-refractivity contribution in [1.29, 1.82) is 0 Å². The van der Waals surface area contributed by atoms with Crippen molar-refractivity contribution in [2.75, 3.05) is 18.5 Å². The molecule has 0 spiro atoms. The van der Waals surface area contributed by atoms with Gasteiger partial charge in [-0.15, -0.1) is 0 Å². The number of hydrogen-bond donors (Lipinski definition) is 0. The van der Waals surface area contributed by atoms with Crippen LogP contribution in [0.4, 0.5) is 5.82 Å². The van der Waals surface area contributed by atoms with Crippen LogP contribution in [-0.4, -0.2) is 18.6 Å². The third-order valence-electron chi connectivity index (χ3n) is 2.55. The van der Waals surface area contributed by atoms with Gasteiger partial charge in [-0.1, -0.05) is 0 Å². The van der Waals surface area contributed by atoms with E-state index in [1.807, 2.05) is 6.20 Å². The summed E-state index contributed by atoms with van der Waals surface area (Å²) in [6.45, 7) is 3.31. The molecule has 1 aromatic heterocycles. The summed E-state index contributed by atoms with van der Waals surface area (Å²) in [5.41, 5.74) is 2.82. The summed E-state index contributed by atoms with van der Waals surface area (Å²) in [6, 6.07) is 2.10. The molecule has 0 radical (unpaired) electrons. The fourth-order valence-corrected chi connectivity index (χ4v) is 1.81. The molecule has 2 rings (SSSR count). The maximum atomic E-state index is 4.39. The number of rotatable bonds is 0. The fraction of sp³-hybridized carbons (Fsp3) is 0.500. The summed E-state index contributed by atoms with van der Waals surface area (Å²) in [6.07, 6.45) is 4.35. The number of nitrogens with zero attached hydrogens (tertiary/aromatic N) is 2. The largest absolute Gasteiger partial charge is 0.359 e. The van der Waals surface area contributed by atoms with Crippen molar-refractivity contribution in [3.63, 3.8) is 0 Å². The summed E-state index contributed by atoms with van der Waals surface area (Å²) < 4.78 is 0. The number of aromatic nitrogens is 1. The van der Waals surface area contributed by atoms with E-state index in [1.165, 1.54) is 29.8 Å². The number of anilines is 1. The van der Waals surface area contributed by atoms with Crippen molar-refractivity contribution in [2.45, 2.75) is 19.8 Å². The van der Waals surface area contributed by atoms with Crippen molar-refractivity contribution in [1.82, 2.24) is 4.98 Å². The van der Waals surface area contributed by atoms with E-state index in [0.717, 1.165) is 6.54 Å². The second-order valence-electron chi connectivity index (χ2n) is 3.46. The SMILES string of the molecule is Cc1ccnc2c1CCCN2C. The molecule has 12 heavy (non-hydrogen) atoms. The van der Waals surface area contributed by atoms with Crippen LogP contribution in [-0.2, 0) is 6.42 Å². The van der Waals surface area contributed by atoms with Gasteiger partial charge in [-0.25, -0.2) is 4.98 Å². The van der Waals surface area contributed by atoms with Gasteiger partial charge in [0.2, 0.25) is 0 Å². The number of pyridine rings is 1. The van der Waals surface area contributed by atoms with Crippen LogP contribution in [0, 0.1) is 6.92 Å². The van der Waals surface area contributed by atoms with E-state index in [9.17, 15) is 0 Å². The first kappa shape index (κ1) is 7.59. The maximum absolute atomic E-state index is 4.39. The molecule has 2 heterocycles. The molecular weight excluding hydrogens is 148 g/mol. The highest BCUT2D eigenvalue weighted by atomic mass is 15.2. The molecule has 1 aliphatic heterocycles. The Bertz CT molecular complexity index is 294. The van der Waals surface area contributed by atoms with Crippen LogP contribution >= 0.6 is 0 Å². The van der Waals surface area contributed by atoms with Crippen LogP contribution in [0.1, 0.15) is 17.5 Å². The van der Waals surface area contributed by atoms with Crippen LogP contribution in [0.25, 0.3) is 0 Å². The molecule has 2 nitrogen and oxygen atoms in total. The predicted molar refractivity (Wildman–Crippen MR) is 50.6 cm³/mol.